The van der Waals surface area contributed by atoms with Crippen LogP contribution in [0.1, 0.15) is 6.92 Å². The van der Waals surface area contributed by atoms with Crippen molar-refractivity contribution in [2.45, 2.75) is 13.0 Å². The van der Waals surface area contributed by atoms with Crippen molar-refractivity contribution in [1.29, 1.82) is 0 Å². The maximum atomic E-state index is 5.38. The summed E-state index contributed by atoms with van der Waals surface area (Å²) in [5, 5.41) is 0. The Hall–Kier alpha value is 1.05. The van der Waals surface area contributed by atoms with Crippen LogP contribution in [0.2, 0.25) is 0 Å². The normalized spacial score (nSPS) is 14.6. The lowest BCUT2D eigenvalue weighted by Gasteiger charge is -2.07. The average Bonchev–Trinajstić information content (AvgIpc) is 1.65. The molecule has 0 aromatic heterocycles. The van der Waals surface area contributed by atoms with Gasteiger partial charge in [-0.1, -0.05) is 0 Å². The molecule has 0 aliphatic carbocycles. The van der Waals surface area contributed by atoms with E-state index in [-0.39, 0.29) is 6.10 Å². The van der Waals surface area contributed by atoms with Gasteiger partial charge >= 0.3 is 7.66 Å². The minimum Gasteiger partial charge on any atom is -0.391 e. The predicted octanol–water partition coefficient (Wildman–Crippen LogP) is 1.83. The second-order valence-electron chi connectivity index (χ2n) is 1.36. The standard InChI is InChI=1S/C3H7Cl3OSi/c1-3(2-4)7-8(5)6/h3,8H,2H2,1H3. The Morgan fingerprint density at radius 2 is 2.12 bits per heavy atom. The van der Waals surface area contributed by atoms with Crippen LogP contribution in [0, 0.1) is 0 Å². The van der Waals surface area contributed by atoms with Crippen LogP contribution in [-0.2, 0) is 4.43 Å². The van der Waals surface area contributed by atoms with E-state index in [1.807, 2.05) is 6.92 Å². The molecular formula is C3H7Cl3OSi. The summed E-state index contributed by atoms with van der Waals surface area (Å²) in [7, 11) is -1.89. The van der Waals surface area contributed by atoms with Crippen LogP contribution < -0.4 is 0 Å². The zero-order chi connectivity index (χ0) is 6.57. The van der Waals surface area contributed by atoms with E-state index in [1.165, 1.54) is 0 Å². The smallest absolute Gasteiger partial charge is 0.373 e. The Morgan fingerprint density at radius 3 is 2.25 bits per heavy atom. The summed E-state index contributed by atoms with van der Waals surface area (Å²) in [6.45, 7) is 1.83. The first-order valence-corrected chi connectivity index (χ1v) is 6.66. The molecule has 0 saturated heterocycles. The molecule has 0 rings (SSSR count). The van der Waals surface area contributed by atoms with E-state index in [1.54, 1.807) is 0 Å². The highest BCUT2D eigenvalue weighted by Crippen LogP contribution is 2.03. The molecule has 0 spiro atoms. The highest BCUT2D eigenvalue weighted by Gasteiger charge is 2.06. The van der Waals surface area contributed by atoms with Crippen LogP contribution >= 0.6 is 33.8 Å². The van der Waals surface area contributed by atoms with Gasteiger partial charge in [0.25, 0.3) is 0 Å². The van der Waals surface area contributed by atoms with Crippen molar-refractivity contribution in [3.63, 3.8) is 0 Å². The Labute approximate surface area is 65.0 Å². The zero-order valence-electron chi connectivity index (χ0n) is 4.40. The second kappa shape index (κ2) is 4.88. The van der Waals surface area contributed by atoms with Gasteiger partial charge in [0.1, 0.15) is 0 Å². The van der Waals surface area contributed by atoms with Crippen LogP contribution in [0.25, 0.3) is 0 Å². The van der Waals surface area contributed by atoms with E-state index in [2.05, 4.69) is 0 Å². The Balaban J connectivity index is 3.10. The number of hydrogen-bond donors (Lipinski definition) is 0. The quantitative estimate of drug-likeness (QED) is 0.378. The van der Waals surface area contributed by atoms with Gasteiger partial charge in [0.2, 0.25) is 0 Å². The molecule has 0 aliphatic rings. The first kappa shape index (κ1) is 9.05. The van der Waals surface area contributed by atoms with Crippen molar-refractivity contribution in [2.75, 3.05) is 5.88 Å². The van der Waals surface area contributed by atoms with E-state index < -0.39 is 7.66 Å². The summed E-state index contributed by atoms with van der Waals surface area (Å²) in [4.78, 5) is 0. The van der Waals surface area contributed by atoms with Crippen molar-refractivity contribution < 1.29 is 4.43 Å². The van der Waals surface area contributed by atoms with Gasteiger partial charge in [0.15, 0.2) is 0 Å². The van der Waals surface area contributed by atoms with Crippen molar-refractivity contribution in [2.24, 2.45) is 0 Å². The molecule has 0 radical (unpaired) electrons. The fraction of sp³-hybridized carbons (Fsp3) is 1.00. The number of halogens is 3. The van der Waals surface area contributed by atoms with Crippen molar-refractivity contribution in [1.82, 2.24) is 0 Å². The maximum Gasteiger partial charge on any atom is 0.373 e. The summed E-state index contributed by atoms with van der Waals surface area (Å²) in [6.07, 6.45) is -0.0108. The molecule has 0 saturated carbocycles. The molecule has 0 heterocycles. The van der Waals surface area contributed by atoms with Crippen molar-refractivity contribution >= 4 is 41.4 Å². The highest BCUT2D eigenvalue weighted by molar-refractivity contribution is 7.30. The molecule has 5 heteroatoms. The third kappa shape index (κ3) is 5.19. The SMILES string of the molecule is CC(CCl)O[SiH](Cl)Cl. The van der Waals surface area contributed by atoms with Gasteiger partial charge < -0.3 is 4.43 Å². The van der Waals surface area contributed by atoms with Gasteiger partial charge in [0, 0.05) is 5.88 Å². The molecule has 0 aliphatic heterocycles. The molecule has 0 amide bonds. The summed E-state index contributed by atoms with van der Waals surface area (Å²) >= 11 is 16.1. The molecule has 0 bridgehead atoms. The predicted molar refractivity (Wildman–Crippen MR) is 40.1 cm³/mol. The molecule has 0 aromatic rings. The highest BCUT2D eigenvalue weighted by atomic mass is 35.7. The fourth-order valence-electron chi connectivity index (χ4n) is 0.212. The van der Waals surface area contributed by atoms with E-state index in [0.717, 1.165) is 0 Å². The number of alkyl halides is 1. The molecule has 1 nitrogen and oxygen atoms in total. The van der Waals surface area contributed by atoms with Gasteiger partial charge in [0.05, 0.1) is 6.10 Å². The Kier molecular flexibility index (Phi) is 5.52. The Bertz CT molecular complexity index is 60.5. The molecule has 1 atom stereocenters. The lowest BCUT2D eigenvalue weighted by molar-refractivity contribution is 0.262. The van der Waals surface area contributed by atoms with E-state index in [0.29, 0.717) is 5.88 Å². The monoisotopic (exact) mass is 192 g/mol. The minimum atomic E-state index is -1.89. The first-order chi connectivity index (χ1) is 3.66. The first-order valence-electron chi connectivity index (χ1n) is 2.16. The lowest BCUT2D eigenvalue weighted by atomic mass is 10.5. The van der Waals surface area contributed by atoms with E-state index in [4.69, 9.17) is 38.2 Å². The molecule has 0 aromatic carbocycles. The molecule has 0 fully saturated rings. The number of hydrogen-bond acceptors (Lipinski definition) is 1. The molecule has 1 unspecified atom stereocenters. The van der Waals surface area contributed by atoms with Gasteiger partial charge in [-0.25, -0.2) is 0 Å². The van der Waals surface area contributed by atoms with Gasteiger partial charge in [-0.2, -0.15) is 0 Å². The second-order valence-corrected chi connectivity index (χ2v) is 5.51. The summed E-state index contributed by atoms with van der Waals surface area (Å²) in [5.41, 5.74) is 0. The fourth-order valence-corrected chi connectivity index (χ4v) is 1.91. The summed E-state index contributed by atoms with van der Waals surface area (Å²) in [5.74, 6) is 0.447. The van der Waals surface area contributed by atoms with Crippen LogP contribution in [-0.4, -0.2) is 19.6 Å². The Morgan fingerprint density at radius 1 is 1.62 bits per heavy atom. The lowest BCUT2D eigenvalue weighted by Crippen LogP contribution is -2.15. The third-order valence-corrected chi connectivity index (χ3v) is 2.27. The maximum absolute atomic E-state index is 5.38. The summed E-state index contributed by atoms with van der Waals surface area (Å²) < 4.78 is 4.94. The van der Waals surface area contributed by atoms with Crippen LogP contribution in [0.4, 0.5) is 0 Å². The minimum absolute atomic E-state index is 0.0108. The van der Waals surface area contributed by atoms with Crippen LogP contribution in [0.15, 0.2) is 0 Å². The van der Waals surface area contributed by atoms with Crippen LogP contribution in [0.3, 0.4) is 0 Å². The molecular weight excluding hydrogens is 186 g/mol. The van der Waals surface area contributed by atoms with E-state index >= 15 is 0 Å². The molecule has 50 valence electrons. The summed E-state index contributed by atoms with van der Waals surface area (Å²) in [6, 6.07) is 0. The van der Waals surface area contributed by atoms with Crippen molar-refractivity contribution in [3.05, 3.63) is 0 Å². The number of rotatable bonds is 3. The van der Waals surface area contributed by atoms with Gasteiger partial charge in [-0.15, -0.1) is 33.8 Å². The largest absolute Gasteiger partial charge is 0.391 e. The van der Waals surface area contributed by atoms with Gasteiger partial charge in [-0.3, -0.25) is 0 Å². The zero-order valence-corrected chi connectivity index (χ0v) is 7.83. The van der Waals surface area contributed by atoms with Crippen LogP contribution in [0.5, 0.6) is 0 Å². The van der Waals surface area contributed by atoms with E-state index in [9.17, 15) is 0 Å². The van der Waals surface area contributed by atoms with Gasteiger partial charge in [-0.05, 0) is 6.92 Å². The van der Waals surface area contributed by atoms with Crippen molar-refractivity contribution in [3.8, 4) is 0 Å². The molecule has 0 N–H and O–H groups in total. The average molecular weight is 194 g/mol. The topological polar surface area (TPSA) is 9.23 Å². The molecule has 8 heavy (non-hydrogen) atoms. The third-order valence-electron chi connectivity index (χ3n) is 0.552.